The molecule has 2 aliphatic heterocycles. The van der Waals surface area contributed by atoms with Crippen molar-refractivity contribution in [2.75, 3.05) is 51.4 Å². The molecular formula is C18H27N3O3. The van der Waals surface area contributed by atoms with E-state index in [-0.39, 0.29) is 18.1 Å². The number of hydrogen-bond donors (Lipinski definition) is 2. The fourth-order valence-electron chi connectivity index (χ4n) is 3.61. The first-order valence-electron chi connectivity index (χ1n) is 8.63. The highest BCUT2D eigenvalue weighted by atomic mass is 16.5. The fourth-order valence-corrected chi connectivity index (χ4v) is 3.61. The Hall–Kier alpha value is -1.63. The quantitative estimate of drug-likeness (QED) is 0.827. The molecule has 0 unspecified atom stereocenters. The molecule has 132 valence electrons. The topological polar surface area (TPSA) is 65.0 Å². The predicted molar refractivity (Wildman–Crippen MR) is 93.1 cm³/mol. The lowest BCUT2D eigenvalue weighted by atomic mass is 9.80. The number of hydrogen-bond acceptors (Lipinski definition) is 4. The Morgan fingerprint density at radius 1 is 1.29 bits per heavy atom. The van der Waals surface area contributed by atoms with Crippen LogP contribution in [-0.2, 0) is 11.3 Å². The monoisotopic (exact) mass is 333 g/mol. The van der Waals surface area contributed by atoms with Gasteiger partial charge in [-0.05, 0) is 37.6 Å². The van der Waals surface area contributed by atoms with E-state index >= 15 is 0 Å². The van der Waals surface area contributed by atoms with Crippen molar-refractivity contribution in [3.05, 3.63) is 29.8 Å². The summed E-state index contributed by atoms with van der Waals surface area (Å²) in [4.78, 5) is 15.7. The van der Waals surface area contributed by atoms with Crippen LogP contribution in [0.25, 0.3) is 0 Å². The summed E-state index contributed by atoms with van der Waals surface area (Å²) in [6.45, 7) is 4.80. The molecule has 6 heteroatoms. The number of ether oxygens (including phenoxy) is 1. The normalized spacial score (nSPS) is 20.5. The molecule has 0 aliphatic carbocycles. The van der Waals surface area contributed by atoms with Gasteiger partial charge < -0.3 is 20.1 Å². The SMILES string of the molecule is CN(Cc1ccc(N2CCNC2=O)cc1)CC1(CO)CCOCC1. The standard InChI is InChI=1S/C18H27N3O3/c1-20(13-18(14-22)6-10-24-11-7-18)12-15-2-4-16(5-3-15)21-9-8-19-17(21)23/h2-5,22H,6-14H2,1H3,(H,19,23). The summed E-state index contributed by atoms with van der Waals surface area (Å²) in [5.74, 6) is 0. The number of amides is 2. The first-order valence-corrected chi connectivity index (χ1v) is 8.63. The van der Waals surface area contributed by atoms with E-state index < -0.39 is 0 Å². The van der Waals surface area contributed by atoms with Gasteiger partial charge in [-0.2, -0.15) is 0 Å². The summed E-state index contributed by atoms with van der Waals surface area (Å²) in [7, 11) is 2.09. The molecule has 2 amide bonds. The Balaban J connectivity index is 1.58. The first kappa shape index (κ1) is 17.2. The van der Waals surface area contributed by atoms with E-state index in [4.69, 9.17) is 4.74 Å². The molecule has 24 heavy (non-hydrogen) atoms. The number of aliphatic hydroxyl groups excluding tert-OH is 1. The van der Waals surface area contributed by atoms with Crippen molar-refractivity contribution in [2.24, 2.45) is 5.41 Å². The lowest BCUT2D eigenvalue weighted by Gasteiger charge is -2.38. The molecule has 0 aromatic heterocycles. The molecule has 2 fully saturated rings. The lowest BCUT2D eigenvalue weighted by Crippen LogP contribution is -2.42. The smallest absolute Gasteiger partial charge is 0.321 e. The second-order valence-corrected chi connectivity index (χ2v) is 6.99. The van der Waals surface area contributed by atoms with Gasteiger partial charge >= 0.3 is 6.03 Å². The zero-order chi connectivity index (χ0) is 17.0. The van der Waals surface area contributed by atoms with Crippen molar-refractivity contribution >= 4 is 11.7 Å². The van der Waals surface area contributed by atoms with Crippen LogP contribution < -0.4 is 10.2 Å². The van der Waals surface area contributed by atoms with Gasteiger partial charge in [0, 0.05) is 50.5 Å². The maximum Gasteiger partial charge on any atom is 0.321 e. The minimum atomic E-state index is -0.0411. The van der Waals surface area contributed by atoms with Crippen molar-refractivity contribution in [3.63, 3.8) is 0 Å². The number of nitrogens with zero attached hydrogens (tertiary/aromatic N) is 2. The minimum absolute atomic E-state index is 0.0238. The summed E-state index contributed by atoms with van der Waals surface area (Å²) < 4.78 is 5.43. The molecule has 0 saturated carbocycles. The molecule has 2 saturated heterocycles. The van der Waals surface area contributed by atoms with E-state index in [1.807, 2.05) is 12.1 Å². The third kappa shape index (κ3) is 3.88. The zero-order valence-corrected chi connectivity index (χ0v) is 14.3. The van der Waals surface area contributed by atoms with Crippen LogP contribution in [0.3, 0.4) is 0 Å². The van der Waals surface area contributed by atoms with Crippen molar-refractivity contribution in [2.45, 2.75) is 19.4 Å². The number of benzene rings is 1. The maximum absolute atomic E-state index is 11.7. The Kier molecular flexibility index (Phi) is 5.38. The summed E-state index contributed by atoms with van der Waals surface area (Å²) in [5, 5.41) is 12.6. The number of rotatable bonds is 6. The lowest BCUT2D eigenvalue weighted by molar-refractivity contribution is -0.0318. The van der Waals surface area contributed by atoms with E-state index in [0.29, 0.717) is 6.54 Å². The Morgan fingerprint density at radius 3 is 2.58 bits per heavy atom. The second-order valence-electron chi connectivity index (χ2n) is 6.99. The minimum Gasteiger partial charge on any atom is -0.396 e. The number of nitrogens with one attached hydrogen (secondary N) is 1. The van der Waals surface area contributed by atoms with E-state index in [2.05, 4.69) is 29.4 Å². The van der Waals surface area contributed by atoms with Gasteiger partial charge in [0.15, 0.2) is 0 Å². The van der Waals surface area contributed by atoms with Gasteiger partial charge in [0.2, 0.25) is 0 Å². The average molecular weight is 333 g/mol. The molecule has 0 spiro atoms. The molecule has 6 nitrogen and oxygen atoms in total. The van der Waals surface area contributed by atoms with Crippen LogP contribution in [0.5, 0.6) is 0 Å². The Morgan fingerprint density at radius 2 is 2.00 bits per heavy atom. The molecule has 0 atom stereocenters. The van der Waals surface area contributed by atoms with Crippen LogP contribution in [0.1, 0.15) is 18.4 Å². The molecule has 1 aromatic rings. The molecular weight excluding hydrogens is 306 g/mol. The highest BCUT2D eigenvalue weighted by molar-refractivity contribution is 5.93. The maximum atomic E-state index is 11.7. The first-order chi connectivity index (χ1) is 11.6. The van der Waals surface area contributed by atoms with Gasteiger partial charge in [0.25, 0.3) is 0 Å². The van der Waals surface area contributed by atoms with Gasteiger partial charge in [-0.15, -0.1) is 0 Å². The summed E-state index contributed by atoms with van der Waals surface area (Å²) in [5.41, 5.74) is 2.11. The number of carbonyl (C=O) groups is 1. The van der Waals surface area contributed by atoms with E-state index in [0.717, 1.165) is 51.4 Å². The highest BCUT2D eigenvalue weighted by Crippen LogP contribution is 2.31. The number of carbonyl (C=O) groups excluding carboxylic acids is 1. The number of urea groups is 1. The van der Waals surface area contributed by atoms with E-state index in [1.54, 1.807) is 4.90 Å². The zero-order valence-electron chi connectivity index (χ0n) is 14.3. The van der Waals surface area contributed by atoms with E-state index in [9.17, 15) is 9.90 Å². The van der Waals surface area contributed by atoms with Gasteiger partial charge in [0.05, 0.1) is 6.61 Å². The third-order valence-electron chi connectivity index (χ3n) is 5.05. The average Bonchev–Trinajstić information content (AvgIpc) is 3.02. The van der Waals surface area contributed by atoms with Crippen LogP contribution in [0, 0.1) is 5.41 Å². The molecule has 0 radical (unpaired) electrons. The van der Waals surface area contributed by atoms with Crippen molar-refractivity contribution in [1.82, 2.24) is 10.2 Å². The second kappa shape index (κ2) is 7.51. The van der Waals surface area contributed by atoms with Gasteiger partial charge in [-0.3, -0.25) is 4.90 Å². The van der Waals surface area contributed by atoms with Crippen molar-refractivity contribution in [3.8, 4) is 0 Å². The molecule has 3 rings (SSSR count). The van der Waals surface area contributed by atoms with Crippen LogP contribution >= 0.6 is 0 Å². The molecule has 2 aliphatic rings. The van der Waals surface area contributed by atoms with E-state index in [1.165, 1.54) is 5.56 Å². The molecule has 0 bridgehead atoms. The third-order valence-corrected chi connectivity index (χ3v) is 5.05. The summed E-state index contributed by atoms with van der Waals surface area (Å²) in [6.07, 6.45) is 1.83. The Bertz CT molecular complexity index is 555. The number of anilines is 1. The van der Waals surface area contributed by atoms with Crippen molar-refractivity contribution < 1.29 is 14.6 Å². The van der Waals surface area contributed by atoms with Crippen LogP contribution in [0.4, 0.5) is 10.5 Å². The molecule has 1 aromatic carbocycles. The Labute approximate surface area is 143 Å². The number of aliphatic hydroxyl groups is 1. The van der Waals surface area contributed by atoms with Crippen LogP contribution in [0.15, 0.2) is 24.3 Å². The van der Waals surface area contributed by atoms with Crippen LogP contribution in [-0.4, -0.2) is 62.5 Å². The largest absolute Gasteiger partial charge is 0.396 e. The fraction of sp³-hybridized carbons (Fsp3) is 0.611. The van der Waals surface area contributed by atoms with Gasteiger partial charge in [0.1, 0.15) is 0 Å². The van der Waals surface area contributed by atoms with Gasteiger partial charge in [-0.25, -0.2) is 4.79 Å². The molecule has 2 heterocycles. The summed E-state index contributed by atoms with van der Waals surface area (Å²) in [6, 6.07) is 8.14. The molecule has 2 N–H and O–H groups in total. The van der Waals surface area contributed by atoms with Gasteiger partial charge in [-0.1, -0.05) is 12.1 Å². The predicted octanol–water partition coefficient (Wildman–Crippen LogP) is 1.44. The highest BCUT2D eigenvalue weighted by Gasteiger charge is 2.33. The van der Waals surface area contributed by atoms with Crippen LogP contribution in [0.2, 0.25) is 0 Å². The summed E-state index contributed by atoms with van der Waals surface area (Å²) >= 11 is 0. The van der Waals surface area contributed by atoms with Crippen molar-refractivity contribution in [1.29, 1.82) is 0 Å².